The van der Waals surface area contributed by atoms with Gasteiger partial charge in [-0.15, -0.1) is 0 Å². The molecule has 0 aliphatic rings. The van der Waals surface area contributed by atoms with E-state index in [1.54, 1.807) is 11.7 Å². The Bertz CT molecular complexity index is 226. The van der Waals surface area contributed by atoms with Crippen molar-refractivity contribution in [3.8, 4) is 0 Å². The van der Waals surface area contributed by atoms with Crippen LogP contribution in [0.15, 0.2) is 0 Å². The van der Waals surface area contributed by atoms with Gasteiger partial charge in [0.25, 0.3) is 0 Å². The van der Waals surface area contributed by atoms with Crippen LogP contribution in [-0.4, -0.2) is 28.0 Å². The van der Waals surface area contributed by atoms with E-state index in [9.17, 15) is 0 Å². The van der Waals surface area contributed by atoms with Crippen molar-refractivity contribution >= 4 is 5.95 Å². The van der Waals surface area contributed by atoms with E-state index in [1.165, 1.54) is 0 Å². The molecule has 0 aromatic carbocycles. The lowest BCUT2D eigenvalue weighted by atomic mass is 10.4. The van der Waals surface area contributed by atoms with E-state index >= 15 is 0 Å². The van der Waals surface area contributed by atoms with Gasteiger partial charge in [-0.25, -0.2) is 4.68 Å². The first-order chi connectivity index (χ1) is 5.74. The molecule has 0 unspecified atom stereocenters. The van der Waals surface area contributed by atoms with Gasteiger partial charge in [0.05, 0.1) is 6.61 Å². The highest BCUT2D eigenvalue weighted by Crippen LogP contribution is 1.97. The van der Waals surface area contributed by atoms with Crippen molar-refractivity contribution in [2.45, 2.75) is 13.3 Å². The first kappa shape index (κ1) is 8.99. The summed E-state index contributed by atoms with van der Waals surface area (Å²) in [6.07, 6.45) is 0.721. The number of nitrogen functional groups attached to an aromatic ring is 1. The highest BCUT2D eigenvalue weighted by Gasteiger charge is 2.02. The van der Waals surface area contributed by atoms with Crippen molar-refractivity contribution in [3.63, 3.8) is 0 Å². The van der Waals surface area contributed by atoms with Crippen molar-refractivity contribution in [1.29, 1.82) is 0 Å². The monoisotopic (exact) mass is 170 g/mol. The predicted octanol–water partition coefficient (Wildman–Crippen LogP) is -0.0237. The van der Waals surface area contributed by atoms with Gasteiger partial charge in [0.1, 0.15) is 0 Å². The second-order valence-corrected chi connectivity index (χ2v) is 2.46. The van der Waals surface area contributed by atoms with Crippen LogP contribution in [0.3, 0.4) is 0 Å². The van der Waals surface area contributed by atoms with Crippen molar-refractivity contribution < 1.29 is 4.74 Å². The molecular weight excluding hydrogens is 156 g/mol. The fraction of sp³-hybridized carbons (Fsp3) is 0.714. The Morgan fingerprint density at radius 2 is 2.33 bits per heavy atom. The van der Waals surface area contributed by atoms with Gasteiger partial charge in [0.2, 0.25) is 5.95 Å². The summed E-state index contributed by atoms with van der Waals surface area (Å²) < 4.78 is 6.71. The van der Waals surface area contributed by atoms with Gasteiger partial charge in [-0.3, -0.25) is 0 Å². The molecule has 2 N–H and O–H groups in total. The van der Waals surface area contributed by atoms with E-state index in [-0.39, 0.29) is 0 Å². The van der Waals surface area contributed by atoms with E-state index in [2.05, 4.69) is 10.1 Å². The highest BCUT2D eigenvalue weighted by molar-refractivity contribution is 5.15. The molecule has 0 fully saturated rings. The lowest BCUT2D eigenvalue weighted by Crippen LogP contribution is -2.00. The Balaban J connectivity index is 2.42. The summed E-state index contributed by atoms with van der Waals surface area (Å²) >= 11 is 0. The Kier molecular flexibility index (Phi) is 3.04. The number of ether oxygens (including phenoxy) is 1. The van der Waals surface area contributed by atoms with Crippen LogP contribution in [0.25, 0.3) is 0 Å². The fourth-order valence-electron chi connectivity index (χ4n) is 0.865. The van der Waals surface area contributed by atoms with E-state index in [1.807, 2.05) is 6.92 Å². The maximum Gasteiger partial charge on any atom is 0.218 e. The molecule has 0 aliphatic carbocycles. The quantitative estimate of drug-likeness (QED) is 0.645. The van der Waals surface area contributed by atoms with Gasteiger partial charge in [-0.1, -0.05) is 0 Å². The minimum Gasteiger partial charge on any atom is -0.381 e. The number of rotatable bonds is 4. The van der Waals surface area contributed by atoms with Crippen molar-refractivity contribution in [2.75, 3.05) is 18.9 Å². The summed E-state index contributed by atoms with van der Waals surface area (Å²) in [5.74, 6) is 1.19. The third-order valence-corrected chi connectivity index (χ3v) is 1.51. The Hall–Kier alpha value is -1.10. The lowest BCUT2D eigenvalue weighted by Gasteiger charge is -1.95. The zero-order chi connectivity index (χ0) is 8.97. The third kappa shape index (κ3) is 2.20. The Labute approximate surface area is 71.5 Å². The predicted molar refractivity (Wildman–Crippen MR) is 45.6 cm³/mol. The van der Waals surface area contributed by atoms with Crippen LogP contribution < -0.4 is 5.73 Å². The number of nitrogens with zero attached hydrogens (tertiary/aromatic N) is 3. The van der Waals surface area contributed by atoms with Gasteiger partial charge in [0.15, 0.2) is 5.82 Å². The standard InChI is InChI=1S/C7H14N4O/c1-3-12-5-4-6-9-7(8)11(2)10-6/h3-5H2,1-2H3,(H2,8,9,10). The molecule has 1 rings (SSSR count). The summed E-state index contributed by atoms with van der Waals surface area (Å²) in [4.78, 5) is 4.03. The molecule has 1 aromatic heterocycles. The van der Waals surface area contributed by atoms with Crippen LogP contribution in [0.2, 0.25) is 0 Å². The smallest absolute Gasteiger partial charge is 0.218 e. The summed E-state index contributed by atoms with van der Waals surface area (Å²) in [6.45, 7) is 3.34. The van der Waals surface area contributed by atoms with Crippen molar-refractivity contribution in [2.24, 2.45) is 7.05 Å². The van der Waals surface area contributed by atoms with Crippen molar-refractivity contribution in [1.82, 2.24) is 14.8 Å². The van der Waals surface area contributed by atoms with E-state index in [0.29, 0.717) is 12.6 Å². The minimum atomic E-state index is 0.446. The molecule has 0 bridgehead atoms. The summed E-state index contributed by atoms with van der Waals surface area (Å²) in [7, 11) is 1.77. The summed E-state index contributed by atoms with van der Waals surface area (Å²) in [5, 5.41) is 4.08. The average molecular weight is 170 g/mol. The Morgan fingerprint density at radius 1 is 1.58 bits per heavy atom. The largest absolute Gasteiger partial charge is 0.381 e. The number of hydrogen-bond donors (Lipinski definition) is 1. The molecule has 5 heteroatoms. The van der Waals surface area contributed by atoms with Crippen molar-refractivity contribution in [3.05, 3.63) is 5.82 Å². The summed E-state index contributed by atoms with van der Waals surface area (Å²) in [5.41, 5.74) is 5.49. The molecular formula is C7H14N4O. The molecule has 0 saturated carbocycles. The summed E-state index contributed by atoms with van der Waals surface area (Å²) in [6, 6.07) is 0. The van der Waals surface area contributed by atoms with Gasteiger partial charge < -0.3 is 10.5 Å². The van der Waals surface area contributed by atoms with Gasteiger partial charge in [-0.05, 0) is 6.92 Å². The molecule has 12 heavy (non-hydrogen) atoms. The van der Waals surface area contributed by atoms with Crippen LogP contribution in [0, 0.1) is 0 Å². The molecule has 0 atom stereocenters. The first-order valence-electron chi connectivity index (χ1n) is 3.97. The van der Waals surface area contributed by atoms with Crippen LogP contribution in [0.5, 0.6) is 0 Å². The molecule has 5 nitrogen and oxygen atoms in total. The maximum atomic E-state index is 5.49. The molecule has 0 radical (unpaired) electrons. The molecule has 68 valence electrons. The molecule has 0 saturated heterocycles. The second-order valence-electron chi connectivity index (χ2n) is 2.46. The molecule has 0 amide bonds. The maximum absolute atomic E-state index is 5.49. The van der Waals surface area contributed by atoms with Gasteiger partial charge in [0, 0.05) is 20.1 Å². The minimum absolute atomic E-state index is 0.446. The molecule has 0 aliphatic heterocycles. The van der Waals surface area contributed by atoms with Crippen LogP contribution in [0.4, 0.5) is 5.95 Å². The SMILES string of the molecule is CCOCCc1nc(N)n(C)n1. The van der Waals surface area contributed by atoms with Crippen LogP contribution >= 0.6 is 0 Å². The molecule has 1 aromatic rings. The van der Waals surface area contributed by atoms with Gasteiger partial charge in [-0.2, -0.15) is 10.1 Å². The topological polar surface area (TPSA) is 66.0 Å². The number of aromatic nitrogens is 3. The number of hydrogen-bond acceptors (Lipinski definition) is 4. The highest BCUT2D eigenvalue weighted by atomic mass is 16.5. The number of nitrogens with two attached hydrogens (primary N) is 1. The third-order valence-electron chi connectivity index (χ3n) is 1.51. The number of aryl methyl sites for hydroxylation is 1. The first-order valence-corrected chi connectivity index (χ1v) is 3.97. The lowest BCUT2D eigenvalue weighted by molar-refractivity contribution is 0.149. The van der Waals surface area contributed by atoms with E-state index < -0.39 is 0 Å². The number of anilines is 1. The van der Waals surface area contributed by atoms with Crippen LogP contribution in [0.1, 0.15) is 12.7 Å². The van der Waals surface area contributed by atoms with Gasteiger partial charge >= 0.3 is 0 Å². The fourth-order valence-corrected chi connectivity index (χ4v) is 0.865. The normalized spacial score (nSPS) is 10.5. The average Bonchev–Trinajstić information content (AvgIpc) is 2.32. The zero-order valence-electron chi connectivity index (χ0n) is 7.45. The second kappa shape index (κ2) is 4.06. The molecule has 1 heterocycles. The van der Waals surface area contributed by atoms with E-state index in [4.69, 9.17) is 10.5 Å². The zero-order valence-corrected chi connectivity index (χ0v) is 7.45. The van der Waals surface area contributed by atoms with E-state index in [0.717, 1.165) is 18.9 Å². The molecule has 0 spiro atoms. The Morgan fingerprint density at radius 3 is 2.83 bits per heavy atom. The van der Waals surface area contributed by atoms with Crippen LogP contribution in [-0.2, 0) is 18.2 Å².